The van der Waals surface area contributed by atoms with Crippen LogP contribution >= 0.6 is 11.6 Å². The molecule has 3 heteroatoms. The lowest BCUT2D eigenvalue weighted by molar-refractivity contribution is 0.475. The Bertz CT molecular complexity index is 336. The monoisotopic (exact) mass is 211 g/mol. The summed E-state index contributed by atoms with van der Waals surface area (Å²) in [6, 6.07) is 5.25. The summed E-state index contributed by atoms with van der Waals surface area (Å²) in [5.74, 6) is 0.923. The lowest BCUT2D eigenvalue weighted by Gasteiger charge is -2.11. The summed E-state index contributed by atoms with van der Waals surface area (Å²) in [5.41, 5.74) is 7.03. The number of halogens is 1. The number of phenols is 1. The summed E-state index contributed by atoms with van der Waals surface area (Å²) >= 11 is 5.80. The van der Waals surface area contributed by atoms with Crippen LogP contribution in [0.4, 0.5) is 0 Å². The van der Waals surface area contributed by atoms with Crippen molar-refractivity contribution in [1.82, 2.24) is 0 Å². The van der Waals surface area contributed by atoms with Gasteiger partial charge in [0.2, 0.25) is 0 Å². The first-order valence-corrected chi connectivity index (χ1v) is 5.28. The fraction of sp³-hybridized carbons (Fsp3) is 0.455. The normalized spacial score (nSPS) is 18.1. The van der Waals surface area contributed by atoms with Gasteiger partial charge in [-0.1, -0.05) is 30.5 Å². The Morgan fingerprint density at radius 1 is 1.50 bits per heavy atom. The van der Waals surface area contributed by atoms with E-state index >= 15 is 0 Å². The minimum atomic E-state index is 0.0561. The molecule has 0 aromatic heterocycles. The summed E-state index contributed by atoms with van der Waals surface area (Å²) in [6.07, 6.45) is 3.64. The maximum Gasteiger partial charge on any atom is 0.134 e. The highest BCUT2D eigenvalue weighted by atomic mass is 35.5. The van der Waals surface area contributed by atoms with Crippen molar-refractivity contribution in [3.8, 4) is 5.75 Å². The third kappa shape index (κ3) is 2.20. The van der Waals surface area contributed by atoms with Crippen LogP contribution in [-0.2, 0) is 0 Å². The second kappa shape index (κ2) is 3.79. The minimum Gasteiger partial charge on any atom is -0.506 e. The highest BCUT2D eigenvalue weighted by Gasteiger charge is 2.24. The summed E-state index contributed by atoms with van der Waals surface area (Å²) < 4.78 is 0. The van der Waals surface area contributed by atoms with E-state index in [4.69, 9.17) is 17.3 Å². The Balaban J connectivity index is 2.10. The van der Waals surface area contributed by atoms with Crippen molar-refractivity contribution in [2.45, 2.75) is 25.3 Å². The molecular formula is C11H14ClNO. The SMILES string of the molecule is N[C@@H](CC1CC1)c1ccc(O)c(Cl)c1. The van der Waals surface area contributed by atoms with Crippen LogP contribution in [0.3, 0.4) is 0 Å². The van der Waals surface area contributed by atoms with Crippen LogP contribution in [0.2, 0.25) is 5.02 Å². The smallest absolute Gasteiger partial charge is 0.134 e. The van der Waals surface area contributed by atoms with Crippen LogP contribution in [0.25, 0.3) is 0 Å². The van der Waals surface area contributed by atoms with Crippen LogP contribution in [0, 0.1) is 5.92 Å². The van der Waals surface area contributed by atoms with Crippen molar-refractivity contribution in [3.05, 3.63) is 28.8 Å². The number of phenolic OH excluding ortho intramolecular Hbond substituents is 1. The van der Waals surface area contributed by atoms with Gasteiger partial charge < -0.3 is 10.8 Å². The van der Waals surface area contributed by atoms with Gasteiger partial charge in [-0.2, -0.15) is 0 Å². The molecule has 1 aliphatic rings. The zero-order valence-electron chi connectivity index (χ0n) is 7.91. The molecule has 0 saturated heterocycles. The van der Waals surface area contributed by atoms with Crippen molar-refractivity contribution in [3.63, 3.8) is 0 Å². The molecular weight excluding hydrogens is 198 g/mol. The van der Waals surface area contributed by atoms with Crippen LogP contribution < -0.4 is 5.73 Å². The standard InChI is InChI=1S/C11H14ClNO/c12-9-6-8(3-4-11(9)14)10(13)5-7-1-2-7/h3-4,6-7,10,14H,1-2,5,13H2/t10-/m0/s1. The predicted octanol–water partition coefficient (Wildman–Crippen LogP) is 2.85. The zero-order valence-corrected chi connectivity index (χ0v) is 8.67. The van der Waals surface area contributed by atoms with Gasteiger partial charge in [-0.15, -0.1) is 0 Å². The molecule has 1 aromatic carbocycles. The Morgan fingerprint density at radius 2 is 2.21 bits per heavy atom. The summed E-state index contributed by atoms with van der Waals surface area (Å²) in [4.78, 5) is 0. The van der Waals surface area contributed by atoms with Gasteiger partial charge in [-0.25, -0.2) is 0 Å². The first kappa shape index (κ1) is 9.81. The van der Waals surface area contributed by atoms with Crippen LogP contribution in [0.15, 0.2) is 18.2 Å². The number of hydrogen-bond donors (Lipinski definition) is 2. The number of hydrogen-bond acceptors (Lipinski definition) is 2. The fourth-order valence-corrected chi connectivity index (χ4v) is 1.79. The molecule has 14 heavy (non-hydrogen) atoms. The molecule has 0 amide bonds. The molecule has 0 radical (unpaired) electrons. The first-order valence-electron chi connectivity index (χ1n) is 4.91. The van der Waals surface area contributed by atoms with Gasteiger partial charge in [0, 0.05) is 6.04 Å². The van der Waals surface area contributed by atoms with Crippen molar-refractivity contribution >= 4 is 11.6 Å². The average Bonchev–Trinajstić information content (AvgIpc) is 2.93. The van der Waals surface area contributed by atoms with Crippen LogP contribution in [-0.4, -0.2) is 5.11 Å². The lowest BCUT2D eigenvalue weighted by atomic mass is 10.0. The van der Waals surface area contributed by atoms with E-state index in [1.807, 2.05) is 6.07 Å². The molecule has 1 atom stereocenters. The van der Waals surface area contributed by atoms with Crippen molar-refractivity contribution in [2.24, 2.45) is 11.7 Å². The second-order valence-electron chi connectivity index (χ2n) is 4.00. The van der Waals surface area contributed by atoms with Crippen LogP contribution in [0.5, 0.6) is 5.75 Å². The van der Waals surface area contributed by atoms with Crippen LogP contribution in [0.1, 0.15) is 30.9 Å². The van der Waals surface area contributed by atoms with Crippen molar-refractivity contribution < 1.29 is 5.11 Å². The molecule has 1 aromatic rings. The highest BCUT2D eigenvalue weighted by Crippen LogP contribution is 2.37. The molecule has 0 aliphatic heterocycles. The van der Waals surface area contributed by atoms with Gasteiger partial charge in [0.25, 0.3) is 0 Å². The largest absolute Gasteiger partial charge is 0.506 e. The first-order chi connectivity index (χ1) is 6.66. The van der Waals surface area contributed by atoms with E-state index in [0.717, 1.165) is 17.9 Å². The van der Waals surface area contributed by atoms with E-state index in [0.29, 0.717) is 5.02 Å². The summed E-state index contributed by atoms with van der Waals surface area (Å²) in [6.45, 7) is 0. The summed E-state index contributed by atoms with van der Waals surface area (Å²) in [5, 5.41) is 9.63. The molecule has 0 unspecified atom stereocenters. The Hall–Kier alpha value is -0.730. The van der Waals surface area contributed by atoms with Gasteiger partial charge in [0.15, 0.2) is 0 Å². The fourth-order valence-electron chi connectivity index (χ4n) is 1.60. The minimum absolute atomic E-state index is 0.0561. The van der Waals surface area contributed by atoms with E-state index in [1.54, 1.807) is 12.1 Å². The van der Waals surface area contributed by atoms with Gasteiger partial charge >= 0.3 is 0 Å². The zero-order chi connectivity index (χ0) is 10.1. The molecule has 1 aliphatic carbocycles. The molecule has 76 valence electrons. The number of benzene rings is 1. The van der Waals surface area contributed by atoms with Gasteiger partial charge in [-0.3, -0.25) is 0 Å². The average molecular weight is 212 g/mol. The Kier molecular flexibility index (Phi) is 2.66. The molecule has 0 spiro atoms. The van der Waals surface area contributed by atoms with Gasteiger partial charge in [-0.05, 0) is 30.0 Å². The van der Waals surface area contributed by atoms with E-state index in [-0.39, 0.29) is 11.8 Å². The molecule has 0 heterocycles. The predicted molar refractivity (Wildman–Crippen MR) is 57.4 cm³/mol. The molecule has 2 rings (SSSR count). The summed E-state index contributed by atoms with van der Waals surface area (Å²) in [7, 11) is 0. The number of rotatable bonds is 3. The van der Waals surface area contributed by atoms with Gasteiger partial charge in [0.1, 0.15) is 5.75 Å². The second-order valence-corrected chi connectivity index (χ2v) is 4.40. The van der Waals surface area contributed by atoms with E-state index in [2.05, 4.69) is 0 Å². The van der Waals surface area contributed by atoms with E-state index in [9.17, 15) is 5.11 Å². The lowest BCUT2D eigenvalue weighted by Crippen LogP contribution is -2.10. The topological polar surface area (TPSA) is 46.2 Å². The number of nitrogens with two attached hydrogens (primary N) is 1. The van der Waals surface area contributed by atoms with E-state index in [1.165, 1.54) is 12.8 Å². The molecule has 2 nitrogen and oxygen atoms in total. The number of aromatic hydroxyl groups is 1. The molecule has 1 saturated carbocycles. The molecule has 3 N–H and O–H groups in total. The maximum atomic E-state index is 9.25. The quantitative estimate of drug-likeness (QED) is 0.808. The Labute approximate surface area is 88.7 Å². The maximum absolute atomic E-state index is 9.25. The molecule has 0 bridgehead atoms. The van der Waals surface area contributed by atoms with Gasteiger partial charge in [0.05, 0.1) is 5.02 Å². The highest BCUT2D eigenvalue weighted by molar-refractivity contribution is 6.32. The van der Waals surface area contributed by atoms with Crippen molar-refractivity contribution in [2.75, 3.05) is 0 Å². The molecule has 1 fully saturated rings. The third-order valence-electron chi connectivity index (χ3n) is 2.68. The third-order valence-corrected chi connectivity index (χ3v) is 2.99. The van der Waals surface area contributed by atoms with E-state index < -0.39 is 0 Å². The van der Waals surface area contributed by atoms with Crippen molar-refractivity contribution in [1.29, 1.82) is 0 Å². The Morgan fingerprint density at radius 3 is 2.79 bits per heavy atom.